The summed E-state index contributed by atoms with van der Waals surface area (Å²) in [7, 11) is 0. The van der Waals surface area contributed by atoms with Gasteiger partial charge in [0, 0.05) is 24.3 Å². The molecule has 0 saturated heterocycles. The molecule has 0 aromatic heterocycles. The summed E-state index contributed by atoms with van der Waals surface area (Å²) in [6.45, 7) is 0.336. The molecule has 0 heterocycles. The maximum absolute atomic E-state index is 13.0. The number of benzene rings is 2. The number of hydrogen-bond acceptors (Lipinski definition) is 2. The highest BCUT2D eigenvalue weighted by atomic mass is 35.5. The molecule has 0 fully saturated rings. The first kappa shape index (κ1) is 16.5. The number of nitrogens with one attached hydrogen (secondary N) is 2. The Morgan fingerprint density at radius 2 is 1.50 bits per heavy atom. The highest BCUT2D eigenvalue weighted by molar-refractivity contribution is 6.31. The van der Waals surface area contributed by atoms with Gasteiger partial charge in [-0.2, -0.15) is 0 Å². The number of anilines is 2. The molecule has 2 N–H and O–H groups in total. The molecule has 0 bridgehead atoms. The Kier molecular flexibility index (Phi) is 5.57. The van der Waals surface area contributed by atoms with E-state index in [2.05, 4.69) is 10.6 Å². The Bertz CT molecular complexity index is 695. The monoisotopic (exact) mass is 344 g/mol. The average molecular weight is 345 g/mol. The minimum Gasteiger partial charge on any atom is -0.384 e. The van der Waals surface area contributed by atoms with E-state index in [0.717, 1.165) is 0 Å². The second-order valence-electron chi connectivity index (χ2n) is 4.48. The van der Waals surface area contributed by atoms with Gasteiger partial charge in [0.05, 0.1) is 10.0 Å². The number of rotatable bonds is 5. The van der Waals surface area contributed by atoms with Crippen LogP contribution in [0, 0.1) is 11.6 Å². The summed E-state index contributed by atoms with van der Waals surface area (Å²) in [6.07, 6.45) is 0.171. The van der Waals surface area contributed by atoms with Gasteiger partial charge in [-0.25, -0.2) is 8.78 Å². The van der Waals surface area contributed by atoms with Crippen LogP contribution in [0.4, 0.5) is 20.2 Å². The van der Waals surface area contributed by atoms with Crippen molar-refractivity contribution in [3.05, 3.63) is 58.1 Å². The molecule has 3 nitrogen and oxygen atoms in total. The molecule has 2 aromatic carbocycles. The van der Waals surface area contributed by atoms with E-state index in [1.54, 1.807) is 0 Å². The second-order valence-corrected chi connectivity index (χ2v) is 5.30. The minimum atomic E-state index is -0.547. The van der Waals surface area contributed by atoms with Crippen molar-refractivity contribution in [1.29, 1.82) is 0 Å². The third kappa shape index (κ3) is 4.58. The Morgan fingerprint density at radius 1 is 0.955 bits per heavy atom. The van der Waals surface area contributed by atoms with Crippen LogP contribution in [0.2, 0.25) is 10.0 Å². The van der Waals surface area contributed by atoms with Crippen LogP contribution in [0.5, 0.6) is 0 Å². The van der Waals surface area contributed by atoms with Crippen molar-refractivity contribution in [2.45, 2.75) is 6.42 Å². The Morgan fingerprint density at radius 3 is 2.09 bits per heavy atom. The van der Waals surface area contributed by atoms with Crippen LogP contribution in [-0.4, -0.2) is 12.5 Å². The largest absolute Gasteiger partial charge is 0.384 e. The Balaban J connectivity index is 1.82. The zero-order chi connectivity index (χ0) is 16.1. The molecular weight excluding hydrogens is 333 g/mol. The fourth-order valence-corrected chi connectivity index (χ4v) is 2.08. The summed E-state index contributed by atoms with van der Waals surface area (Å²) >= 11 is 11.3. The van der Waals surface area contributed by atoms with Crippen molar-refractivity contribution in [3.8, 4) is 0 Å². The van der Waals surface area contributed by atoms with Crippen LogP contribution in [0.15, 0.2) is 36.4 Å². The van der Waals surface area contributed by atoms with Crippen LogP contribution in [0.1, 0.15) is 6.42 Å². The summed E-state index contributed by atoms with van der Waals surface area (Å²) in [4.78, 5) is 11.7. The van der Waals surface area contributed by atoms with E-state index in [1.807, 2.05) is 0 Å². The van der Waals surface area contributed by atoms with Crippen LogP contribution in [0.25, 0.3) is 0 Å². The summed E-state index contributed by atoms with van der Waals surface area (Å²) < 4.78 is 26.0. The standard InChI is InChI=1S/C15H12Cl2F2N2O/c16-11-7-9(1-3-13(11)18)20-6-5-15(22)21-10-2-4-14(19)12(17)8-10/h1-4,7-8,20H,5-6H2,(H,21,22). The molecule has 1 amide bonds. The van der Waals surface area contributed by atoms with Gasteiger partial charge < -0.3 is 10.6 Å². The normalized spacial score (nSPS) is 10.4. The van der Waals surface area contributed by atoms with Crippen molar-refractivity contribution in [3.63, 3.8) is 0 Å². The lowest BCUT2D eigenvalue weighted by molar-refractivity contribution is -0.115. The molecule has 0 radical (unpaired) electrons. The highest BCUT2D eigenvalue weighted by Gasteiger charge is 2.06. The van der Waals surface area contributed by atoms with Gasteiger partial charge >= 0.3 is 0 Å². The molecule has 2 aromatic rings. The van der Waals surface area contributed by atoms with E-state index in [1.165, 1.54) is 36.4 Å². The van der Waals surface area contributed by atoms with Gasteiger partial charge in [0.2, 0.25) is 5.91 Å². The maximum Gasteiger partial charge on any atom is 0.226 e. The molecule has 0 saturated carbocycles. The Hall–Kier alpha value is -1.85. The highest BCUT2D eigenvalue weighted by Crippen LogP contribution is 2.20. The number of hydrogen-bond donors (Lipinski definition) is 2. The maximum atomic E-state index is 13.0. The fourth-order valence-electron chi connectivity index (χ4n) is 1.72. The topological polar surface area (TPSA) is 41.1 Å². The molecule has 0 aliphatic rings. The van der Waals surface area contributed by atoms with E-state index in [9.17, 15) is 13.6 Å². The van der Waals surface area contributed by atoms with Crippen molar-refractivity contribution >= 4 is 40.5 Å². The molecular formula is C15H12Cl2F2N2O. The first-order valence-electron chi connectivity index (χ1n) is 6.39. The summed E-state index contributed by atoms with van der Waals surface area (Å²) in [5, 5.41) is 5.50. The van der Waals surface area contributed by atoms with Gasteiger partial charge in [0.1, 0.15) is 11.6 Å². The van der Waals surface area contributed by atoms with Gasteiger partial charge in [0.25, 0.3) is 0 Å². The smallest absolute Gasteiger partial charge is 0.226 e. The van der Waals surface area contributed by atoms with Gasteiger partial charge in [-0.15, -0.1) is 0 Å². The summed E-state index contributed by atoms with van der Waals surface area (Å²) in [5.41, 5.74) is 1.03. The van der Waals surface area contributed by atoms with E-state index in [4.69, 9.17) is 23.2 Å². The first-order valence-corrected chi connectivity index (χ1v) is 7.15. The molecule has 116 valence electrons. The Labute approximate surface area is 136 Å². The van der Waals surface area contributed by atoms with Crippen molar-refractivity contribution in [2.75, 3.05) is 17.2 Å². The SMILES string of the molecule is O=C(CCNc1ccc(F)c(Cl)c1)Nc1ccc(F)c(Cl)c1. The van der Waals surface area contributed by atoms with E-state index in [-0.39, 0.29) is 22.4 Å². The van der Waals surface area contributed by atoms with Crippen molar-refractivity contribution in [2.24, 2.45) is 0 Å². The number of halogens is 4. The predicted octanol–water partition coefficient (Wildman–Crippen LogP) is 4.71. The van der Waals surface area contributed by atoms with Crippen LogP contribution >= 0.6 is 23.2 Å². The molecule has 0 spiro atoms. The van der Waals surface area contributed by atoms with Gasteiger partial charge in [0.15, 0.2) is 0 Å². The van der Waals surface area contributed by atoms with Crippen molar-refractivity contribution < 1.29 is 13.6 Å². The zero-order valence-corrected chi connectivity index (χ0v) is 12.8. The van der Waals surface area contributed by atoms with Gasteiger partial charge in [-0.3, -0.25) is 4.79 Å². The molecule has 22 heavy (non-hydrogen) atoms. The van der Waals surface area contributed by atoms with E-state index >= 15 is 0 Å². The van der Waals surface area contributed by atoms with Crippen LogP contribution in [-0.2, 0) is 4.79 Å². The third-order valence-corrected chi connectivity index (χ3v) is 3.38. The van der Waals surface area contributed by atoms with E-state index in [0.29, 0.717) is 17.9 Å². The third-order valence-electron chi connectivity index (χ3n) is 2.80. The van der Waals surface area contributed by atoms with Gasteiger partial charge in [-0.1, -0.05) is 23.2 Å². The average Bonchev–Trinajstić information content (AvgIpc) is 2.47. The minimum absolute atomic E-state index is 0.00963. The molecule has 0 aliphatic carbocycles. The molecule has 0 unspecified atom stereocenters. The molecule has 7 heteroatoms. The van der Waals surface area contributed by atoms with E-state index < -0.39 is 11.6 Å². The molecule has 2 rings (SSSR count). The first-order chi connectivity index (χ1) is 10.5. The lowest BCUT2D eigenvalue weighted by Crippen LogP contribution is -2.16. The number of amides is 1. The molecule has 0 aliphatic heterocycles. The summed E-state index contributed by atoms with van der Waals surface area (Å²) in [6, 6.07) is 8.14. The van der Waals surface area contributed by atoms with Crippen molar-refractivity contribution in [1.82, 2.24) is 0 Å². The number of carbonyl (C=O) groups is 1. The predicted molar refractivity (Wildman–Crippen MR) is 84.6 cm³/mol. The van der Waals surface area contributed by atoms with Gasteiger partial charge in [-0.05, 0) is 36.4 Å². The van der Waals surface area contributed by atoms with Crippen LogP contribution in [0.3, 0.4) is 0 Å². The second kappa shape index (κ2) is 7.42. The summed E-state index contributed by atoms with van der Waals surface area (Å²) in [5.74, 6) is -1.31. The fraction of sp³-hybridized carbons (Fsp3) is 0.133. The zero-order valence-electron chi connectivity index (χ0n) is 11.3. The molecule has 0 atom stereocenters. The lowest BCUT2D eigenvalue weighted by Gasteiger charge is -2.08. The van der Waals surface area contributed by atoms with Crippen LogP contribution < -0.4 is 10.6 Å². The lowest BCUT2D eigenvalue weighted by atomic mass is 10.2. The quantitative estimate of drug-likeness (QED) is 0.824. The number of carbonyl (C=O) groups excluding carboxylic acids is 1.